The van der Waals surface area contributed by atoms with E-state index in [0.29, 0.717) is 6.07 Å². The lowest BCUT2D eigenvalue weighted by Gasteiger charge is -2.12. The fourth-order valence-corrected chi connectivity index (χ4v) is 3.44. The molecular weight excluding hydrogens is 494 g/mol. The fraction of sp³-hybridized carbons (Fsp3) is 0.200. The average Bonchev–Trinajstić information content (AvgIpc) is 3.38. The van der Waals surface area contributed by atoms with Crippen molar-refractivity contribution < 1.29 is 40.8 Å². The van der Waals surface area contributed by atoms with Crippen LogP contribution in [0.5, 0.6) is 0 Å². The molecule has 178 valence electrons. The van der Waals surface area contributed by atoms with Crippen LogP contribution in [0.4, 0.5) is 26.3 Å². The second-order valence-corrected chi connectivity index (χ2v) is 7.53. The molecule has 0 bridgehead atoms. The Kier molecular flexibility index (Phi) is 5.75. The molecule has 0 aliphatic rings. The number of carboxylic acids is 1. The summed E-state index contributed by atoms with van der Waals surface area (Å²) in [5, 5.41) is 12.0. The molecule has 0 aliphatic heterocycles. The number of carbonyl (C=O) groups is 1. The summed E-state index contributed by atoms with van der Waals surface area (Å²) >= 11 is 5.89. The molecule has 0 unspecified atom stereocenters. The summed E-state index contributed by atoms with van der Waals surface area (Å²) < 4.78 is 85.9. The summed E-state index contributed by atoms with van der Waals surface area (Å²) in [5.41, 5.74) is -2.57. The Bertz CT molecular complexity index is 1390. The lowest BCUT2D eigenvalue weighted by atomic mass is 10.0. The van der Waals surface area contributed by atoms with Gasteiger partial charge in [-0.2, -0.15) is 31.3 Å². The minimum Gasteiger partial charge on any atom is -0.481 e. The quantitative estimate of drug-likeness (QED) is 0.347. The van der Waals surface area contributed by atoms with Gasteiger partial charge < -0.3 is 14.0 Å². The largest absolute Gasteiger partial charge is 0.481 e. The third-order valence-electron chi connectivity index (χ3n) is 4.74. The molecule has 0 spiro atoms. The van der Waals surface area contributed by atoms with Gasteiger partial charge in [0.25, 0.3) is 5.89 Å². The highest BCUT2D eigenvalue weighted by Gasteiger charge is 2.36. The molecule has 0 fully saturated rings. The number of halogens is 7. The Hall–Kier alpha value is -3.61. The Morgan fingerprint density at radius 3 is 2.44 bits per heavy atom. The lowest BCUT2D eigenvalue weighted by molar-refractivity contribution is -0.138. The number of hydrogen-bond donors (Lipinski definition) is 1. The van der Waals surface area contributed by atoms with Crippen LogP contribution in [0.25, 0.3) is 28.6 Å². The number of aromatic nitrogens is 4. The number of aryl methyl sites for hydroxylation is 1. The second kappa shape index (κ2) is 8.31. The van der Waals surface area contributed by atoms with E-state index in [1.807, 2.05) is 0 Å². The van der Waals surface area contributed by atoms with Crippen LogP contribution in [0.3, 0.4) is 0 Å². The molecule has 0 atom stereocenters. The van der Waals surface area contributed by atoms with Gasteiger partial charge in [0, 0.05) is 24.4 Å². The molecule has 0 amide bonds. The number of hydrogen-bond acceptors (Lipinski definition) is 5. The van der Waals surface area contributed by atoms with Gasteiger partial charge in [-0.25, -0.2) is 4.98 Å². The monoisotopic (exact) mass is 504 g/mol. The first-order valence-electron chi connectivity index (χ1n) is 9.35. The van der Waals surface area contributed by atoms with Crippen LogP contribution in [0, 0.1) is 0 Å². The molecule has 0 saturated carbocycles. The van der Waals surface area contributed by atoms with E-state index >= 15 is 0 Å². The van der Waals surface area contributed by atoms with E-state index in [0.717, 1.165) is 28.9 Å². The highest BCUT2D eigenvalue weighted by atomic mass is 35.5. The first-order chi connectivity index (χ1) is 15.8. The zero-order valence-electron chi connectivity index (χ0n) is 16.6. The number of imidazole rings is 1. The van der Waals surface area contributed by atoms with Crippen LogP contribution >= 0.6 is 11.6 Å². The van der Waals surface area contributed by atoms with Crippen LogP contribution in [-0.4, -0.2) is 30.6 Å². The minimum absolute atomic E-state index is 0.0526. The number of benzene rings is 1. The highest BCUT2D eigenvalue weighted by Crippen LogP contribution is 2.38. The van der Waals surface area contributed by atoms with Crippen molar-refractivity contribution in [3.63, 3.8) is 0 Å². The highest BCUT2D eigenvalue weighted by molar-refractivity contribution is 6.33. The molecule has 0 saturated heterocycles. The Morgan fingerprint density at radius 1 is 1.06 bits per heavy atom. The van der Waals surface area contributed by atoms with Gasteiger partial charge in [0.1, 0.15) is 5.69 Å². The summed E-state index contributed by atoms with van der Waals surface area (Å²) in [7, 11) is 0. The van der Waals surface area contributed by atoms with Crippen LogP contribution in [0.15, 0.2) is 41.2 Å². The van der Waals surface area contributed by atoms with Crippen molar-refractivity contribution in [3.8, 4) is 23.0 Å². The topological polar surface area (TPSA) is 93.5 Å². The van der Waals surface area contributed by atoms with Gasteiger partial charge in [-0.1, -0.05) is 28.9 Å². The number of fused-ring (bicyclic) bond motifs is 1. The number of aliphatic carboxylic acids is 1. The normalized spacial score (nSPS) is 12.4. The summed E-state index contributed by atoms with van der Waals surface area (Å²) in [6.45, 7) is 0. The smallest absolute Gasteiger partial charge is 0.417 e. The van der Waals surface area contributed by atoms with Crippen LogP contribution in [-0.2, 0) is 23.6 Å². The molecule has 14 heteroatoms. The number of alkyl halides is 6. The molecule has 34 heavy (non-hydrogen) atoms. The predicted molar refractivity (Wildman–Crippen MR) is 105 cm³/mol. The van der Waals surface area contributed by atoms with Gasteiger partial charge in [-0.05, 0) is 24.1 Å². The Labute approximate surface area is 190 Å². The van der Waals surface area contributed by atoms with Crippen LogP contribution in [0.1, 0.15) is 23.1 Å². The van der Waals surface area contributed by atoms with Crippen molar-refractivity contribution in [3.05, 3.63) is 58.4 Å². The van der Waals surface area contributed by atoms with Crippen molar-refractivity contribution in [1.82, 2.24) is 19.5 Å². The minimum atomic E-state index is -4.81. The van der Waals surface area contributed by atoms with Gasteiger partial charge in [0.2, 0.25) is 5.82 Å². The van der Waals surface area contributed by atoms with Crippen molar-refractivity contribution >= 4 is 23.2 Å². The zero-order valence-corrected chi connectivity index (χ0v) is 17.3. The molecule has 1 aromatic carbocycles. The van der Waals surface area contributed by atoms with E-state index in [-0.39, 0.29) is 40.7 Å². The van der Waals surface area contributed by atoms with Gasteiger partial charge in [-0.3, -0.25) is 4.79 Å². The second-order valence-electron chi connectivity index (χ2n) is 7.13. The van der Waals surface area contributed by atoms with E-state index in [9.17, 15) is 31.1 Å². The van der Waals surface area contributed by atoms with Gasteiger partial charge >= 0.3 is 18.3 Å². The maximum atomic E-state index is 13.6. The van der Waals surface area contributed by atoms with Crippen molar-refractivity contribution in [2.24, 2.45) is 0 Å². The van der Waals surface area contributed by atoms with E-state index in [1.165, 1.54) is 6.07 Å². The SMILES string of the molecule is O=C(O)CCc1ccc(-c2noc(-c3cn4cc(C(F)(F)F)cc(Cl)c4n3)n2)c(C(F)(F)F)c1. The maximum absolute atomic E-state index is 13.6. The molecule has 7 nitrogen and oxygen atoms in total. The van der Waals surface area contributed by atoms with Crippen LogP contribution in [0.2, 0.25) is 5.02 Å². The van der Waals surface area contributed by atoms with Crippen LogP contribution < -0.4 is 0 Å². The molecule has 3 aromatic heterocycles. The Balaban J connectivity index is 1.73. The first-order valence-corrected chi connectivity index (χ1v) is 9.72. The Morgan fingerprint density at radius 2 is 1.79 bits per heavy atom. The van der Waals surface area contributed by atoms with E-state index in [2.05, 4.69) is 15.1 Å². The average molecular weight is 505 g/mol. The van der Waals surface area contributed by atoms with Gasteiger partial charge in [-0.15, -0.1) is 0 Å². The summed E-state index contributed by atoms with van der Waals surface area (Å²) in [6.07, 6.45) is -8.07. The first kappa shape index (κ1) is 23.5. The maximum Gasteiger partial charge on any atom is 0.417 e. The third-order valence-corrected chi connectivity index (χ3v) is 5.01. The summed E-state index contributed by atoms with van der Waals surface area (Å²) in [5.74, 6) is -1.94. The molecule has 4 rings (SSSR count). The van der Waals surface area contributed by atoms with E-state index < -0.39 is 40.8 Å². The molecular formula is C20H11ClF6N4O3. The number of nitrogens with zero attached hydrogens (tertiary/aromatic N) is 4. The molecule has 3 heterocycles. The van der Waals surface area contributed by atoms with Crippen molar-refractivity contribution in [1.29, 1.82) is 0 Å². The zero-order chi connectivity index (χ0) is 24.8. The summed E-state index contributed by atoms with van der Waals surface area (Å²) in [6, 6.07) is 3.89. The molecule has 0 aliphatic carbocycles. The molecule has 4 aromatic rings. The van der Waals surface area contributed by atoms with Gasteiger partial charge in [0.15, 0.2) is 5.65 Å². The number of carboxylic acid groups (broad SMARTS) is 1. The van der Waals surface area contributed by atoms with E-state index in [4.69, 9.17) is 21.2 Å². The molecule has 1 N–H and O–H groups in total. The fourth-order valence-electron chi connectivity index (χ4n) is 3.18. The predicted octanol–water partition coefficient (Wildman–Crippen LogP) is 5.76. The standard InChI is InChI=1S/C20H11ClF6N4O3/c21-13-6-10(19(22,23)24)7-31-8-14(28-17(13)31)18-29-16(30-34-18)11-3-1-9(2-4-15(32)33)5-12(11)20(25,26)27/h1,3,5-8H,2,4H2,(H,32,33). The third kappa shape index (κ3) is 4.69. The molecule has 0 radical (unpaired) electrons. The van der Waals surface area contributed by atoms with E-state index in [1.54, 1.807) is 0 Å². The van der Waals surface area contributed by atoms with Crippen molar-refractivity contribution in [2.45, 2.75) is 25.2 Å². The van der Waals surface area contributed by atoms with Crippen molar-refractivity contribution in [2.75, 3.05) is 0 Å². The lowest BCUT2D eigenvalue weighted by Crippen LogP contribution is -2.09. The number of pyridine rings is 1. The number of rotatable bonds is 5. The summed E-state index contributed by atoms with van der Waals surface area (Å²) in [4.78, 5) is 18.6. The van der Waals surface area contributed by atoms with Gasteiger partial charge in [0.05, 0.1) is 16.1 Å².